The molecule has 1 fully saturated rings. The van der Waals surface area contributed by atoms with E-state index >= 15 is 0 Å². The molecular formula is C12H21NO3. The summed E-state index contributed by atoms with van der Waals surface area (Å²) in [5.74, 6) is -0.0822. The number of ether oxygens (including phenoxy) is 1. The van der Waals surface area contributed by atoms with Crippen LogP contribution in [-0.4, -0.2) is 30.1 Å². The molecule has 1 saturated heterocycles. The van der Waals surface area contributed by atoms with Gasteiger partial charge in [0.05, 0.1) is 6.61 Å². The SMILES string of the molecule is CCCCCCCC(=O)N1CCCOC1=O. The summed E-state index contributed by atoms with van der Waals surface area (Å²) in [5.41, 5.74) is 0. The highest BCUT2D eigenvalue weighted by molar-refractivity contribution is 5.92. The lowest BCUT2D eigenvalue weighted by Crippen LogP contribution is -2.41. The van der Waals surface area contributed by atoms with Gasteiger partial charge in [0.1, 0.15) is 0 Å². The maximum atomic E-state index is 11.7. The monoisotopic (exact) mass is 227 g/mol. The van der Waals surface area contributed by atoms with Crippen molar-refractivity contribution >= 4 is 12.0 Å². The lowest BCUT2D eigenvalue weighted by Gasteiger charge is -2.24. The van der Waals surface area contributed by atoms with Crippen LogP contribution in [0.1, 0.15) is 51.9 Å². The van der Waals surface area contributed by atoms with Gasteiger partial charge in [0.15, 0.2) is 0 Å². The highest BCUT2D eigenvalue weighted by Crippen LogP contribution is 2.10. The highest BCUT2D eigenvalue weighted by atomic mass is 16.6. The van der Waals surface area contributed by atoms with Crippen molar-refractivity contribution in [3.8, 4) is 0 Å². The van der Waals surface area contributed by atoms with Gasteiger partial charge in [-0.1, -0.05) is 32.6 Å². The molecule has 0 aromatic heterocycles. The van der Waals surface area contributed by atoms with Gasteiger partial charge in [-0.3, -0.25) is 4.79 Å². The van der Waals surface area contributed by atoms with E-state index in [1.807, 2.05) is 0 Å². The van der Waals surface area contributed by atoms with E-state index in [1.54, 1.807) is 0 Å². The first-order valence-corrected chi connectivity index (χ1v) is 6.23. The summed E-state index contributed by atoms with van der Waals surface area (Å²) in [6, 6.07) is 0. The number of hydrogen-bond acceptors (Lipinski definition) is 3. The van der Waals surface area contributed by atoms with Crippen LogP contribution in [-0.2, 0) is 9.53 Å². The summed E-state index contributed by atoms with van der Waals surface area (Å²) in [5, 5.41) is 0. The minimum absolute atomic E-state index is 0.0822. The Morgan fingerprint density at radius 1 is 1.31 bits per heavy atom. The Balaban J connectivity index is 2.16. The van der Waals surface area contributed by atoms with Crippen molar-refractivity contribution < 1.29 is 14.3 Å². The Bertz CT molecular complexity index is 240. The van der Waals surface area contributed by atoms with Crippen LogP contribution in [0, 0.1) is 0 Å². The van der Waals surface area contributed by atoms with Crippen molar-refractivity contribution in [1.29, 1.82) is 0 Å². The van der Waals surface area contributed by atoms with Gasteiger partial charge >= 0.3 is 6.09 Å². The van der Waals surface area contributed by atoms with Gasteiger partial charge in [0, 0.05) is 13.0 Å². The van der Waals surface area contributed by atoms with Gasteiger partial charge in [0.25, 0.3) is 0 Å². The summed E-state index contributed by atoms with van der Waals surface area (Å²) in [6.45, 7) is 3.13. The number of nitrogens with zero attached hydrogens (tertiary/aromatic N) is 1. The average Bonchev–Trinajstić information content (AvgIpc) is 2.29. The molecule has 0 aliphatic carbocycles. The molecule has 0 N–H and O–H groups in total. The second-order valence-corrected chi connectivity index (χ2v) is 4.18. The Labute approximate surface area is 96.9 Å². The van der Waals surface area contributed by atoms with Crippen LogP contribution in [0.3, 0.4) is 0 Å². The number of hydrogen-bond donors (Lipinski definition) is 0. The van der Waals surface area contributed by atoms with Crippen molar-refractivity contribution in [2.24, 2.45) is 0 Å². The minimum atomic E-state index is -0.468. The number of unbranched alkanes of at least 4 members (excludes halogenated alkanes) is 4. The smallest absolute Gasteiger partial charge is 0.416 e. The molecule has 0 radical (unpaired) electrons. The summed E-state index contributed by atoms with van der Waals surface area (Å²) < 4.78 is 4.82. The number of carbonyl (C=O) groups excluding carboxylic acids is 2. The third-order valence-corrected chi connectivity index (χ3v) is 2.77. The third kappa shape index (κ3) is 4.21. The van der Waals surface area contributed by atoms with Crippen molar-refractivity contribution in [2.75, 3.05) is 13.2 Å². The zero-order valence-electron chi connectivity index (χ0n) is 10.0. The molecule has 1 aliphatic heterocycles. The Morgan fingerprint density at radius 2 is 2.06 bits per heavy atom. The standard InChI is InChI=1S/C12H21NO3/c1-2-3-4-5-6-8-11(14)13-9-7-10-16-12(13)15/h2-10H2,1H3. The summed E-state index contributed by atoms with van der Waals surface area (Å²) >= 11 is 0. The summed E-state index contributed by atoms with van der Waals surface area (Å²) in [4.78, 5) is 24.2. The zero-order valence-corrected chi connectivity index (χ0v) is 10.0. The maximum Gasteiger partial charge on any atom is 0.416 e. The van der Waals surface area contributed by atoms with Gasteiger partial charge < -0.3 is 4.74 Å². The van der Waals surface area contributed by atoms with Gasteiger partial charge in [-0.2, -0.15) is 0 Å². The molecule has 0 atom stereocenters. The quantitative estimate of drug-likeness (QED) is 0.655. The normalized spacial score (nSPS) is 16.1. The third-order valence-electron chi connectivity index (χ3n) is 2.77. The van der Waals surface area contributed by atoms with Crippen LogP contribution in [0.5, 0.6) is 0 Å². The molecule has 1 rings (SSSR count). The first kappa shape index (κ1) is 13.0. The fourth-order valence-corrected chi connectivity index (χ4v) is 1.79. The van der Waals surface area contributed by atoms with Crippen molar-refractivity contribution in [2.45, 2.75) is 51.9 Å². The molecule has 0 aromatic rings. The number of imide groups is 1. The molecule has 0 aromatic carbocycles. The van der Waals surface area contributed by atoms with E-state index in [-0.39, 0.29) is 5.91 Å². The van der Waals surface area contributed by atoms with E-state index in [0.29, 0.717) is 19.6 Å². The van der Waals surface area contributed by atoms with E-state index in [9.17, 15) is 9.59 Å². The number of cyclic esters (lactones) is 1. The van der Waals surface area contributed by atoms with Crippen molar-refractivity contribution in [3.05, 3.63) is 0 Å². The molecule has 1 heterocycles. The van der Waals surface area contributed by atoms with Gasteiger partial charge in [-0.15, -0.1) is 0 Å². The molecule has 0 unspecified atom stereocenters. The molecule has 2 amide bonds. The topological polar surface area (TPSA) is 46.6 Å². The maximum absolute atomic E-state index is 11.7. The number of carbonyl (C=O) groups is 2. The molecule has 1 aliphatic rings. The second kappa shape index (κ2) is 7.25. The van der Waals surface area contributed by atoms with E-state index in [2.05, 4.69) is 6.92 Å². The van der Waals surface area contributed by atoms with Crippen LogP contribution in [0.4, 0.5) is 4.79 Å². The van der Waals surface area contributed by atoms with Crippen molar-refractivity contribution in [3.63, 3.8) is 0 Å². The van der Waals surface area contributed by atoms with Crippen LogP contribution in [0.2, 0.25) is 0 Å². The predicted molar refractivity (Wildman–Crippen MR) is 61.1 cm³/mol. The zero-order chi connectivity index (χ0) is 11.8. The van der Waals surface area contributed by atoms with Crippen LogP contribution >= 0.6 is 0 Å². The molecule has 16 heavy (non-hydrogen) atoms. The minimum Gasteiger partial charge on any atom is -0.449 e. The summed E-state index contributed by atoms with van der Waals surface area (Å²) in [7, 11) is 0. The molecule has 0 saturated carbocycles. The van der Waals surface area contributed by atoms with E-state index in [0.717, 1.165) is 19.3 Å². The van der Waals surface area contributed by atoms with Gasteiger partial charge in [0.2, 0.25) is 5.91 Å². The highest BCUT2D eigenvalue weighted by Gasteiger charge is 2.25. The Kier molecular flexibility index (Phi) is 5.90. The fraction of sp³-hybridized carbons (Fsp3) is 0.833. The van der Waals surface area contributed by atoms with Gasteiger partial charge in [-0.25, -0.2) is 9.69 Å². The van der Waals surface area contributed by atoms with Crippen molar-refractivity contribution in [1.82, 2.24) is 4.90 Å². The second-order valence-electron chi connectivity index (χ2n) is 4.18. The molecule has 0 bridgehead atoms. The Morgan fingerprint density at radius 3 is 2.75 bits per heavy atom. The van der Waals surface area contributed by atoms with Gasteiger partial charge in [-0.05, 0) is 12.8 Å². The molecule has 4 nitrogen and oxygen atoms in total. The number of rotatable bonds is 6. The lowest BCUT2D eigenvalue weighted by atomic mass is 10.1. The molecule has 4 heteroatoms. The molecule has 92 valence electrons. The molecular weight excluding hydrogens is 206 g/mol. The predicted octanol–water partition coefficient (Wildman–Crippen LogP) is 2.72. The van der Waals surface area contributed by atoms with Crippen LogP contribution < -0.4 is 0 Å². The average molecular weight is 227 g/mol. The molecule has 0 spiro atoms. The first-order valence-electron chi connectivity index (χ1n) is 6.23. The Hall–Kier alpha value is -1.06. The first-order chi connectivity index (χ1) is 7.75. The summed E-state index contributed by atoms with van der Waals surface area (Å²) in [6.07, 6.45) is 6.31. The van der Waals surface area contributed by atoms with E-state index in [4.69, 9.17) is 4.74 Å². The largest absolute Gasteiger partial charge is 0.449 e. The van der Waals surface area contributed by atoms with E-state index in [1.165, 1.54) is 24.2 Å². The lowest BCUT2D eigenvalue weighted by molar-refractivity contribution is -0.130. The van der Waals surface area contributed by atoms with Crippen LogP contribution in [0.25, 0.3) is 0 Å². The van der Waals surface area contributed by atoms with Crippen LogP contribution in [0.15, 0.2) is 0 Å². The fourth-order valence-electron chi connectivity index (χ4n) is 1.79. The van der Waals surface area contributed by atoms with E-state index < -0.39 is 6.09 Å². The number of amides is 2.